The van der Waals surface area contributed by atoms with Gasteiger partial charge in [-0.2, -0.15) is 0 Å². The predicted molar refractivity (Wildman–Crippen MR) is 85.6 cm³/mol. The lowest BCUT2D eigenvalue weighted by atomic mass is 10.1. The van der Waals surface area contributed by atoms with E-state index in [0.29, 0.717) is 29.4 Å². The van der Waals surface area contributed by atoms with Gasteiger partial charge in [-0.25, -0.2) is 0 Å². The van der Waals surface area contributed by atoms with Crippen LogP contribution in [0.3, 0.4) is 0 Å². The second-order valence-corrected chi connectivity index (χ2v) is 5.35. The maximum atomic E-state index is 12.5. The number of nitrogens with zero attached hydrogens (tertiary/aromatic N) is 3. The van der Waals surface area contributed by atoms with Crippen LogP contribution in [0.25, 0.3) is 0 Å². The number of aryl methyl sites for hydroxylation is 1. The normalized spacial score (nSPS) is 12.6. The van der Waals surface area contributed by atoms with Crippen molar-refractivity contribution in [1.82, 2.24) is 20.1 Å². The van der Waals surface area contributed by atoms with Crippen molar-refractivity contribution in [2.45, 2.75) is 25.9 Å². The van der Waals surface area contributed by atoms with Crippen LogP contribution >= 0.6 is 0 Å². The second kappa shape index (κ2) is 6.77. The highest BCUT2D eigenvalue weighted by atomic mass is 16.5. The van der Waals surface area contributed by atoms with E-state index in [1.54, 1.807) is 12.1 Å². The van der Waals surface area contributed by atoms with Crippen molar-refractivity contribution in [3.63, 3.8) is 0 Å². The fourth-order valence-corrected chi connectivity index (χ4v) is 2.88. The van der Waals surface area contributed by atoms with E-state index in [4.69, 9.17) is 14.2 Å². The molecule has 0 atom stereocenters. The Bertz CT molecular complexity index is 757. The first kappa shape index (κ1) is 16.1. The van der Waals surface area contributed by atoms with Gasteiger partial charge in [0.15, 0.2) is 17.3 Å². The summed E-state index contributed by atoms with van der Waals surface area (Å²) in [5.74, 6) is 2.68. The van der Waals surface area contributed by atoms with Crippen LogP contribution in [-0.4, -0.2) is 42.0 Å². The lowest BCUT2D eigenvalue weighted by Gasteiger charge is -2.15. The van der Waals surface area contributed by atoms with E-state index in [1.807, 2.05) is 4.57 Å². The topological polar surface area (TPSA) is 87.5 Å². The van der Waals surface area contributed by atoms with Crippen LogP contribution in [0, 0.1) is 0 Å². The lowest BCUT2D eigenvalue weighted by molar-refractivity contribution is 0.0945. The standard InChI is InChI=1S/C16H20N4O4/c1-22-11-7-6-10(14(23-2)15(11)24-3)16(21)17-9-13-19-18-12-5-4-8-20(12)13/h6-7H,4-5,8-9H2,1-3H3,(H,17,21). The highest BCUT2D eigenvalue weighted by Crippen LogP contribution is 2.39. The minimum atomic E-state index is -0.275. The molecular weight excluding hydrogens is 312 g/mol. The molecule has 1 aliphatic heterocycles. The summed E-state index contributed by atoms with van der Waals surface area (Å²) in [5.41, 5.74) is 0.372. The smallest absolute Gasteiger partial charge is 0.255 e. The number of hydrogen-bond donors (Lipinski definition) is 1. The Kier molecular flexibility index (Phi) is 4.54. The Labute approximate surface area is 139 Å². The van der Waals surface area contributed by atoms with Crippen LogP contribution in [0.4, 0.5) is 0 Å². The van der Waals surface area contributed by atoms with E-state index < -0.39 is 0 Å². The van der Waals surface area contributed by atoms with Gasteiger partial charge in [-0.1, -0.05) is 0 Å². The molecule has 24 heavy (non-hydrogen) atoms. The van der Waals surface area contributed by atoms with Crippen molar-refractivity contribution < 1.29 is 19.0 Å². The fraction of sp³-hybridized carbons (Fsp3) is 0.438. The molecule has 0 radical (unpaired) electrons. The van der Waals surface area contributed by atoms with E-state index in [1.165, 1.54) is 21.3 Å². The van der Waals surface area contributed by atoms with Crippen LogP contribution in [0.15, 0.2) is 12.1 Å². The minimum Gasteiger partial charge on any atom is -0.493 e. The molecule has 1 N–H and O–H groups in total. The van der Waals surface area contributed by atoms with E-state index >= 15 is 0 Å². The van der Waals surface area contributed by atoms with Crippen LogP contribution in [-0.2, 0) is 19.5 Å². The van der Waals surface area contributed by atoms with Gasteiger partial charge in [-0.15, -0.1) is 10.2 Å². The van der Waals surface area contributed by atoms with E-state index in [2.05, 4.69) is 15.5 Å². The molecule has 1 aromatic carbocycles. The summed E-state index contributed by atoms with van der Waals surface area (Å²) in [6, 6.07) is 3.31. The second-order valence-electron chi connectivity index (χ2n) is 5.35. The molecule has 8 heteroatoms. The first-order valence-electron chi connectivity index (χ1n) is 7.67. The Morgan fingerprint density at radius 2 is 1.96 bits per heavy atom. The highest BCUT2D eigenvalue weighted by molar-refractivity contribution is 5.98. The van der Waals surface area contributed by atoms with Gasteiger partial charge in [0.1, 0.15) is 5.82 Å². The molecule has 0 saturated heterocycles. The number of benzene rings is 1. The molecule has 1 amide bonds. The Morgan fingerprint density at radius 3 is 2.67 bits per heavy atom. The average Bonchev–Trinajstić information content (AvgIpc) is 3.22. The number of carbonyl (C=O) groups is 1. The van der Waals surface area contributed by atoms with Gasteiger partial charge in [-0.3, -0.25) is 4.79 Å². The number of hydrogen-bond acceptors (Lipinski definition) is 6. The number of rotatable bonds is 6. The fourth-order valence-electron chi connectivity index (χ4n) is 2.88. The Balaban J connectivity index is 1.79. The largest absolute Gasteiger partial charge is 0.493 e. The van der Waals surface area contributed by atoms with E-state index in [9.17, 15) is 4.79 Å². The van der Waals surface area contributed by atoms with Crippen LogP contribution in [0.5, 0.6) is 17.2 Å². The molecule has 0 bridgehead atoms. The van der Waals surface area contributed by atoms with Gasteiger partial charge in [0.2, 0.25) is 5.75 Å². The minimum absolute atomic E-state index is 0.275. The number of methoxy groups -OCH3 is 3. The van der Waals surface area contributed by atoms with Gasteiger partial charge in [0, 0.05) is 13.0 Å². The Morgan fingerprint density at radius 1 is 1.17 bits per heavy atom. The summed E-state index contributed by atoms with van der Waals surface area (Å²) >= 11 is 0. The molecule has 2 aromatic rings. The molecular formula is C16H20N4O4. The zero-order chi connectivity index (χ0) is 17.1. The monoisotopic (exact) mass is 332 g/mol. The third kappa shape index (κ3) is 2.75. The average molecular weight is 332 g/mol. The van der Waals surface area contributed by atoms with Crippen LogP contribution < -0.4 is 19.5 Å². The molecule has 8 nitrogen and oxygen atoms in total. The van der Waals surface area contributed by atoms with Crippen molar-refractivity contribution in [3.05, 3.63) is 29.3 Å². The lowest BCUT2D eigenvalue weighted by Crippen LogP contribution is -2.25. The van der Waals surface area contributed by atoms with Crippen molar-refractivity contribution >= 4 is 5.91 Å². The molecule has 0 unspecified atom stereocenters. The molecule has 0 aliphatic carbocycles. The zero-order valence-corrected chi connectivity index (χ0v) is 14.0. The van der Waals surface area contributed by atoms with Gasteiger partial charge in [0.25, 0.3) is 5.91 Å². The highest BCUT2D eigenvalue weighted by Gasteiger charge is 2.22. The molecule has 0 spiro atoms. The third-order valence-corrected chi connectivity index (χ3v) is 4.04. The number of nitrogens with one attached hydrogen (secondary N) is 1. The molecule has 0 fully saturated rings. The Hall–Kier alpha value is -2.77. The summed E-state index contributed by atoms with van der Waals surface area (Å²) in [6.45, 7) is 1.20. The van der Waals surface area contributed by atoms with Crippen molar-refractivity contribution in [2.75, 3.05) is 21.3 Å². The van der Waals surface area contributed by atoms with Crippen molar-refractivity contribution in [3.8, 4) is 17.2 Å². The number of fused-ring (bicyclic) bond motifs is 1. The van der Waals surface area contributed by atoms with Crippen molar-refractivity contribution in [2.24, 2.45) is 0 Å². The number of aromatic nitrogens is 3. The van der Waals surface area contributed by atoms with E-state index in [-0.39, 0.29) is 5.91 Å². The number of carbonyl (C=O) groups excluding carboxylic acids is 1. The molecule has 0 saturated carbocycles. The maximum absolute atomic E-state index is 12.5. The molecule has 128 valence electrons. The third-order valence-electron chi connectivity index (χ3n) is 4.04. The van der Waals surface area contributed by atoms with Gasteiger partial charge in [0.05, 0.1) is 33.4 Å². The summed E-state index contributed by atoms with van der Waals surface area (Å²) in [7, 11) is 4.52. The molecule has 1 aromatic heterocycles. The number of ether oxygens (including phenoxy) is 3. The molecule has 1 aliphatic rings. The first-order valence-corrected chi connectivity index (χ1v) is 7.67. The van der Waals surface area contributed by atoms with Gasteiger partial charge < -0.3 is 24.1 Å². The summed E-state index contributed by atoms with van der Waals surface area (Å²) in [6.07, 6.45) is 2.00. The SMILES string of the molecule is COc1ccc(C(=O)NCc2nnc3n2CCC3)c(OC)c1OC. The quantitative estimate of drug-likeness (QED) is 0.855. The number of amides is 1. The van der Waals surface area contributed by atoms with Gasteiger partial charge >= 0.3 is 0 Å². The molecule has 2 heterocycles. The maximum Gasteiger partial charge on any atom is 0.255 e. The summed E-state index contributed by atoms with van der Waals surface area (Å²) in [5, 5.41) is 11.1. The van der Waals surface area contributed by atoms with E-state index in [0.717, 1.165) is 31.0 Å². The van der Waals surface area contributed by atoms with Gasteiger partial charge in [-0.05, 0) is 18.6 Å². The van der Waals surface area contributed by atoms with Crippen molar-refractivity contribution in [1.29, 1.82) is 0 Å². The first-order chi connectivity index (χ1) is 11.7. The zero-order valence-electron chi connectivity index (χ0n) is 14.0. The van der Waals surface area contributed by atoms with Crippen LogP contribution in [0.2, 0.25) is 0 Å². The summed E-state index contributed by atoms with van der Waals surface area (Å²) in [4.78, 5) is 12.5. The van der Waals surface area contributed by atoms with Crippen LogP contribution in [0.1, 0.15) is 28.4 Å². The predicted octanol–water partition coefficient (Wildman–Crippen LogP) is 1.18. The summed E-state index contributed by atoms with van der Waals surface area (Å²) < 4.78 is 17.9. The molecule has 3 rings (SSSR count).